The first-order valence-electron chi connectivity index (χ1n) is 11.1. The predicted octanol–water partition coefficient (Wildman–Crippen LogP) is 2.96. The van der Waals surface area contributed by atoms with Crippen LogP contribution in [0.15, 0.2) is 60.7 Å². The predicted molar refractivity (Wildman–Crippen MR) is 122 cm³/mol. The molecule has 5 rings (SSSR count). The lowest BCUT2D eigenvalue weighted by Crippen LogP contribution is -2.49. The van der Waals surface area contributed by atoms with Crippen LogP contribution in [-0.4, -0.2) is 40.7 Å². The summed E-state index contributed by atoms with van der Waals surface area (Å²) in [5, 5.41) is 14.2. The average molecular weight is 461 g/mol. The molecule has 1 heterocycles. The molecule has 3 aliphatic rings. The van der Waals surface area contributed by atoms with Gasteiger partial charge in [0.1, 0.15) is 17.5 Å². The van der Waals surface area contributed by atoms with E-state index in [-0.39, 0.29) is 47.2 Å². The summed E-state index contributed by atoms with van der Waals surface area (Å²) in [5.41, 5.74) is 0.393. The Morgan fingerprint density at radius 2 is 1.76 bits per heavy atom. The van der Waals surface area contributed by atoms with Gasteiger partial charge in [0.2, 0.25) is 17.7 Å². The molecule has 0 radical (unpaired) electrons. The van der Waals surface area contributed by atoms with E-state index in [1.807, 2.05) is 42.5 Å². The minimum absolute atomic E-state index is 0.0135. The third kappa shape index (κ3) is 3.53. The summed E-state index contributed by atoms with van der Waals surface area (Å²) in [6.07, 6.45) is 4.88. The fourth-order valence-corrected chi connectivity index (χ4v) is 5.48. The molecule has 0 aromatic heterocycles. The second kappa shape index (κ2) is 8.40. The van der Waals surface area contributed by atoms with Crippen molar-refractivity contribution in [1.82, 2.24) is 4.90 Å². The fraction of sp³-hybridized carbons (Fsp3) is 0.320. The molecule has 5 atom stereocenters. The van der Waals surface area contributed by atoms with E-state index >= 15 is 0 Å². The van der Waals surface area contributed by atoms with Gasteiger partial charge >= 0.3 is 0 Å². The summed E-state index contributed by atoms with van der Waals surface area (Å²) < 4.78 is 5.05. The number of hydrogen-bond donors (Lipinski definition) is 1. The number of carbonyl (C=O) groups excluding carboxylic acids is 3. The summed E-state index contributed by atoms with van der Waals surface area (Å²) >= 11 is 0. The van der Waals surface area contributed by atoms with Crippen molar-refractivity contribution < 1.29 is 24.0 Å². The summed E-state index contributed by atoms with van der Waals surface area (Å²) in [6.45, 7) is 0. The zero-order valence-corrected chi connectivity index (χ0v) is 18.4. The quantitative estimate of drug-likeness (QED) is 0.293. The number of carbonyl (C=O) groups is 3. The van der Waals surface area contributed by atoms with Gasteiger partial charge in [-0.25, -0.2) is 0 Å². The van der Waals surface area contributed by atoms with E-state index in [2.05, 4.69) is 5.32 Å². The van der Waals surface area contributed by atoms with Crippen molar-refractivity contribution in [3.63, 3.8) is 0 Å². The van der Waals surface area contributed by atoms with Gasteiger partial charge in [0.15, 0.2) is 0 Å². The van der Waals surface area contributed by atoms with Gasteiger partial charge in [-0.2, -0.15) is 0 Å². The molecule has 0 spiro atoms. The van der Waals surface area contributed by atoms with Crippen LogP contribution in [0.1, 0.15) is 12.0 Å². The van der Waals surface area contributed by atoms with Crippen LogP contribution in [0.2, 0.25) is 0 Å². The standard InChI is InChI=1S/C25H23N3O6/c1-34-17-9-10-18(19(13-17)28(32)33)26-23(29)20(11-14-5-3-2-4-6-14)27-24(30)21-15-7-8-16(12-15)22(21)25(27)31/h2-10,13,15-16,20-22H,11-12H2,1H3,(H,26,29)/t15-,16-,20-,21-,22-/m0/s1. The fourth-order valence-electron chi connectivity index (χ4n) is 5.48. The maximum Gasteiger partial charge on any atom is 0.296 e. The molecule has 34 heavy (non-hydrogen) atoms. The number of methoxy groups -OCH3 is 1. The lowest BCUT2D eigenvalue weighted by molar-refractivity contribution is -0.384. The van der Waals surface area contributed by atoms with Crippen molar-refractivity contribution >= 4 is 29.1 Å². The van der Waals surface area contributed by atoms with E-state index < -0.39 is 28.7 Å². The molecule has 9 heteroatoms. The second-order valence-corrected chi connectivity index (χ2v) is 8.88. The van der Waals surface area contributed by atoms with Crippen molar-refractivity contribution in [2.45, 2.75) is 18.9 Å². The highest BCUT2D eigenvalue weighted by Crippen LogP contribution is 2.53. The molecule has 174 valence electrons. The number of hydrogen-bond acceptors (Lipinski definition) is 6. The Hall–Kier alpha value is -4.01. The number of amides is 3. The van der Waals surface area contributed by atoms with E-state index in [1.54, 1.807) is 0 Å². The van der Waals surface area contributed by atoms with Gasteiger partial charge in [-0.05, 0) is 36.0 Å². The molecule has 1 aliphatic heterocycles. The van der Waals surface area contributed by atoms with Gasteiger partial charge in [0.25, 0.3) is 5.69 Å². The number of nitrogens with zero attached hydrogens (tertiary/aromatic N) is 2. The molecule has 2 aromatic rings. The normalized spacial score (nSPS) is 25.4. The Balaban J connectivity index is 1.48. The number of benzene rings is 2. The number of ether oxygens (including phenoxy) is 1. The number of imide groups is 1. The zero-order chi connectivity index (χ0) is 24.0. The van der Waals surface area contributed by atoms with Gasteiger partial charge < -0.3 is 10.1 Å². The van der Waals surface area contributed by atoms with Crippen LogP contribution in [0.4, 0.5) is 11.4 Å². The lowest BCUT2D eigenvalue weighted by atomic mass is 9.85. The van der Waals surface area contributed by atoms with Gasteiger partial charge in [0, 0.05) is 6.42 Å². The van der Waals surface area contributed by atoms with Crippen LogP contribution in [0.3, 0.4) is 0 Å². The Morgan fingerprint density at radius 3 is 2.35 bits per heavy atom. The van der Waals surface area contributed by atoms with E-state index in [0.29, 0.717) is 0 Å². The van der Waals surface area contributed by atoms with Crippen LogP contribution >= 0.6 is 0 Å². The molecule has 1 N–H and O–H groups in total. The highest BCUT2D eigenvalue weighted by molar-refractivity contribution is 6.11. The van der Waals surface area contributed by atoms with Crippen LogP contribution in [0.5, 0.6) is 5.75 Å². The topological polar surface area (TPSA) is 119 Å². The number of nitrogens with one attached hydrogen (secondary N) is 1. The number of anilines is 1. The van der Waals surface area contributed by atoms with Crippen molar-refractivity contribution in [3.8, 4) is 5.75 Å². The molecule has 2 bridgehead atoms. The summed E-state index contributed by atoms with van der Waals surface area (Å²) in [4.78, 5) is 52.4. The number of rotatable bonds is 7. The van der Waals surface area contributed by atoms with E-state index in [9.17, 15) is 24.5 Å². The maximum atomic E-state index is 13.5. The molecule has 0 unspecified atom stereocenters. The molecular weight excluding hydrogens is 438 g/mol. The van der Waals surface area contributed by atoms with Crippen LogP contribution in [0, 0.1) is 33.8 Å². The number of nitro groups is 1. The Kier molecular flexibility index (Phi) is 5.39. The van der Waals surface area contributed by atoms with Gasteiger partial charge in [0.05, 0.1) is 29.9 Å². The molecular formula is C25H23N3O6. The Labute approximate surface area is 195 Å². The first-order valence-corrected chi connectivity index (χ1v) is 11.1. The summed E-state index contributed by atoms with van der Waals surface area (Å²) in [7, 11) is 1.39. The van der Waals surface area contributed by atoms with Gasteiger partial charge in [-0.15, -0.1) is 0 Å². The van der Waals surface area contributed by atoms with Crippen molar-refractivity contribution in [3.05, 3.63) is 76.4 Å². The summed E-state index contributed by atoms with van der Waals surface area (Å²) in [5.74, 6) is -1.92. The third-order valence-corrected chi connectivity index (χ3v) is 7.05. The summed E-state index contributed by atoms with van der Waals surface area (Å²) in [6, 6.07) is 12.0. The Morgan fingerprint density at radius 1 is 1.12 bits per heavy atom. The van der Waals surface area contributed by atoms with Crippen molar-refractivity contribution in [2.75, 3.05) is 12.4 Å². The minimum atomic E-state index is -1.13. The smallest absolute Gasteiger partial charge is 0.296 e. The first-order chi connectivity index (χ1) is 16.4. The largest absolute Gasteiger partial charge is 0.496 e. The number of nitro benzene ring substituents is 1. The molecule has 1 saturated heterocycles. The van der Waals surface area contributed by atoms with Gasteiger partial charge in [-0.3, -0.25) is 29.4 Å². The van der Waals surface area contributed by atoms with Gasteiger partial charge in [-0.1, -0.05) is 42.5 Å². The third-order valence-electron chi connectivity index (χ3n) is 7.05. The van der Waals surface area contributed by atoms with Crippen molar-refractivity contribution in [1.29, 1.82) is 0 Å². The molecule has 2 aromatic carbocycles. The highest BCUT2D eigenvalue weighted by atomic mass is 16.6. The second-order valence-electron chi connectivity index (χ2n) is 8.88. The van der Waals surface area contributed by atoms with E-state index in [4.69, 9.17) is 4.74 Å². The minimum Gasteiger partial charge on any atom is -0.496 e. The van der Waals surface area contributed by atoms with Crippen LogP contribution in [0.25, 0.3) is 0 Å². The molecule has 3 amide bonds. The average Bonchev–Trinajstić information content (AvgIpc) is 3.52. The number of likely N-dealkylation sites (tertiary alicyclic amines) is 1. The lowest BCUT2D eigenvalue weighted by Gasteiger charge is -2.27. The number of allylic oxidation sites excluding steroid dienone is 2. The monoisotopic (exact) mass is 461 g/mol. The number of fused-ring (bicyclic) bond motifs is 5. The maximum absolute atomic E-state index is 13.5. The van der Waals surface area contributed by atoms with E-state index in [0.717, 1.165) is 16.9 Å². The molecule has 2 fully saturated rings. The van der Waals surface area contributed by atoms with Crippen molar-refractivity contribution in [2.24, 2.45) is 23.7 Å². The first kappa shape index (κ1) is 21.8. The molecule has 2 aliphatic carbocycles. The van der Waals surface area contributed by atoms with Crippen LogP contribution < -0.4 is 10.1 Å². The highest BCUT2D eigenvalue weighted by Gasteiger charge is 2.61. The molecule has 1 saturated carbocycles. The Bertz CT molecular complexity index is 1180. The van der Waals surface area contributed by atoms with Crippen LogP contribution in [-0.2, 0) is 20.8 Å². The SMILES string of the molecule is COc1ccc(NC(=O)[C@H](Cc2ccccc2)N2C(=O)[C@@H]3[C@@H](C2=O)[C@H]2C=C[C@H]3C2)c([N+](=O)[O-])c1. The zero-order valence-electron chi connectivity index (χ0n) is 18.4. The molecule has 9 nitrogen and oxygen atoms in total. The van der Waals surface area contributed by atoms with E-state index in [1.165, 1.54) is 25.3 Å².